The van der Waals surface area contributed by atoms with E-state index in [-0.39, 0.29) is 0 Å². The van der Waals surface area contributed by atoms with Gasteiger partial charge in [-0.15, -0.1) is 0 Å². The Morgan fingerprint density at radius 3 is 2.24 bits per heavy atom. The first-order valence-corrected chi connectivity index (χ1v) is 7.10. The average molecular weight is 348 g/mol. The minimum Gasteiger partial charge on any atom is -0.468 e. The van der Waals surface area contributed by atoms with Crippen molar-refractivity contribution in [2.24, 2.45) is 0 Å². The molecule has 2 aromatic rings. The standard InChI is InChI=1S/C16H14BrNO3/c1-21-16(20)14(11-5-3-2-4-6-11)15(19)18-13-9-7-12(17)8-10-13/h2-10,14H,1H3,(H,18,19). The van der Waals surface area contributed by atoms with Crippen molar-refractivity contribution in [2.45, 2.75) is 5.92 Å². The Labute approximate surface area is 131 Å². The zero-order valence-electron chi connectivity index (χ0n) is 11.4. The predicted molar refractivity (Wildman–Crippen MR) is 84.0 cm³/mol. The van der Waals surface area contributed by atoms with Gasteiger partial charge in [0.15, 0.2) is 5.92 Å². The van der Waals surface area contributed by atoms with Crippen LogP contribution in [0.25, 0.3) is 0 Å². The molecule has 0 aliphatic rings. The largest absolute Gasteiger partial charge is 0.468 e. The Kier molecular flexibility index (Phi) is 5.11. The van der Waals surface area contributed by atoms with Crippen LogP contribution in [0.4, 0.5) is 5.69 Å². The molecule has 1 atom stereocenters. The van der Waals surface area contributed by atoms with Crippen molar-refractivity contribution in [1.29, 1.82) is 0 Å². The first-order valence-electron chi connectivity index (χ1n) is 6.31. The molecule has 0 fully saturated rings. The fourth-order valence-corrected chi connectivity index (χ4v) is 2.17. The summed E-state index contributed by atoms with van der Waals surface area (Å²) in [5.74, 6) is -1.99. The summed E-state index contributed by atoms with van der Waals surface area (Å²) in [6.07, 6.45) is 0. The number of rotatable bonds is 4. The van der Waals surface area contributed by atoms with E-state index < -0.39 is 17.8 Å². The molecule has 0 aromatic heterocycles. The third-order valence-corrected chi connectivity index (χ3v) is 3.47. The lowest BCUT2D eigenvalue weighted by atomic mass is 9.98. The molecule has 0 aliphatic carbocycles. The molecule has 1 amide bonds. The molecular formula is C16H14BrNO3. The molecule has 1 N–H and O–H groups in total. The van der Waals surface area contributed by atoms with Gasteiger partial charge in [0.25, 0.3) is 0 Å². The van der Waals surface area contributed by atoms with E-state index in [4.69, 9.17) is 4.74 Å². The number of esters is 1. The maximum Gasteiger partial charge on any atom is 0.322 e. The van der Waals surface area contributed by atoms with Crippen LogP contribution in [0, 0.1) is 0 Å². The Morgan fingerprint density at radius 1 is 1.05 bits per heavy atom. The van der Waals surface area contributed by atoms with E-state index in [1.54, 1.807) is 36.4 Å². The summed E-state index contributed by atoms with van der Waals surface area (Å²) in [4.78, 5) is 24.3. The van der Waals surface area contributed by atoms with Crippen LogP contribution in [0.1, 0.15) is 11.5 Å². The van der Waals surface area contributed by atoms with Gasteiger partial charge in [0.05, 0.1) is 7.11 Å². The van der Waals surface area contributed by atoms with E-state index in [1.807, 2.05) is 18.2 Å². The highest BCUT2D eigenvalue weighted by Crippen LogP contribution is 2.21. The lowest BCUT2D eigenvalue weighted by molar-refractivity contribution is -0.145. The van der Waals surface area contributed by atoms with E-state index in [2.05, 4.69) is 21.2 Å². The molecule has 0 saturated heterocycles. The predicted octanol–water partition coefficient (Wildman–Crippen LogP) is 3.34. The van der Waals surface area contributed by atoms with Crippen LogP contribution < -0.4 is 5.32 Å². The van der Waals surface area contributed by atoms with Gasteiger partial charge >= 0.3 is 5.97 Å². The summed E-state index contributed by atoms with van der Waals surface area (Å²) in [6, 6.07) is 15.9. The van der Waals surface area contributed by atoms with Gasteiger partial charge in [-0.25, -0.2) is 0 Å². The highest BCUT2D eigenvalue weighted by molar-refractivity contribution is 9.10. The molecule has 2 rings (SSSR count). The maximum absolute atomic E-state index is 12.4. The summed E-state index contributed by atoms with van der Waals surface area (Å²) in [6.45, 7) is 0. The molecule has 0 bridgehead atoms. The van der Waals surface area contributed by atoms with Crippen LogP contribution in [0.5, 0.6) is 0 Å². The van der Waals surface area contributed by atoms with Crippen molar-refractivity contribution >= 4 is 33.5 Å². The lowest BCUT2D eigenvalue weighted by Crippen LogP contribution is -2.28. The Hall–Kier alpha value is -2.14. The van der Waals surface area contributed by atoms with E-state index in [0.29, 0.717) is 11.3 Å². The van der Waals surface area contributed by atoms with Gasteiger partial charge in [0.1, 0.15) is 0 Å². The van der Waals surface area contributed by atoms with Crippen molar-refractivity contribution in [2.75, 3.05) is 12.4 Å². The van der Waals surface area contributed by atoms with Crippen molar-refractivity contribution in [3.8, 4) is 0 Å². The van der Waals surface area contributed by atoms with Crippen LogP contribution in [0.3, 0.4) is 0 Å². The number of carbonyl (C=O) groups excluding carboxylic acids is 2. The smallest absolute Gasteiger partial charge is 0.322 e. The van der Waals surface area contributed by atoms with Crippen molar-refractivity contribution in [1.82, 2.24) is 0 Å². The molecular weight excluding hydrogens is 334 g/mol. The van der Waals surface area contributed by atoms with Gasteiger partial charge in [-0.1, -0.05) is 46.3 Å². The molecule has 0 heterocycles. The average Bonchev–Trinajstić information content (AvgIpc) is 2.50. The van der Waals surface area contributed by atoms with Crippen LogP contribution in [0.15, 0.2) is 59.1 Å². The van der Waals surface area contributed by atoms with Gasteiger partial charge in [0.2, 0.25) is 5.91 Å². The van der Waals surface area contributed by atoms with E-state index in [9.17, 15) is 9.59 Å². The maximum atomic E-state index is 12.4. The van der Waals surface area contributed by atoms with Crippen LogP contribution in [-0.4, -0.2) is 19.0 Å². The monoisotopic (exact) mass is 347 g/mol. The summed E-state index contributed by atoms with van der Waals surface area (Å²) < 4.78 is 5.65. The quantitative estimate of drug-likeness (QED) is 0.681. The Morgan fingerprint density at radius 2 is 1.67 bits per heavy atom. The van der Waals surface area contributed by atoms with Crippen LogP contribution >= 0.6 is 15.9 Å². The summed E-state index contributed by atoms with van der Waals surface area (Å²) in [7, 11) is 1.27. The molecule has 5 heteroatoms. The minimum atomic E-state index is -0.986. The number of nitrogens with one attached hydrogen (secondary N) is 1. The molecule has 21 heavy (non-hydrogen) atoms. The van der Waals surface area contributed by atoms with E-state index in [1.165, 1.54) is 7.11 Å². The SMILES string of the molecule is COC(=O)C(C(=O)Nc1ccc(Br)cc1)c1ccccc1. The number of anilines is 1. The first-order chi connectivity index (χ1) is 10.1. The molecule has 0 aliphatic heterocycles. The van der Waals surface area contributed by atoms with Gasteiger partial charge in [-0.2, -0.15) is 0 Å². The third-order valence-electron chi connectivity index (χ3n) is 2.94. The van der Waals surface area contributed by atoms with Crippen LogP contribution in [0.2, 0.25) is 0 Å². The lowest BCUT2D eigenvalue weighted by Gasteiger charge is -2.15. The molecule has 4 nitrogen and oxygen atoms in total. The third kappa shape index (κ3) is 3.92. The van der Waals surface area contributed by atoms with Crippen LogP contribution in [-0.2, 0) is 14.3 Å². The van der Waals surface area contributed by atoms with E-state index in [0.717, 1.165) is 4.47 Å². The second kappa shape index (κ2) is 7.04. The molecule has 0 spiro atoms. The first kappa shape index (κ1) is 15.3. The molecule has 0 radical (unpaired) electrons. The number of methoxy groups -OCH3 is 1. The molecule has 2 aromatic carbocycles. The number of amides is 1. The topological polar surface area (TPSA) is 55.4 Å². The molecule has 1 unspecified atom stereocenters. The van der Waals surface area contributed by atoms with Gasteiger partial charge in [0, 0.05) is 10.2 Å². The van der Waals surface area contributed by atoms with Gasteiger partial charge < -0.3 is 10.1 Å². The second-order valence-electron chi connectivity index (χ2n) is 4.36. The number of hydrogen-bond donors (Lipinski definition) is 1. The molecule has 0 saturated carbocycles. The van der Waals surface area contributed by atoms with Crippen molar-refractivity contribution in [3.05, 3.63) is 64.6 Å². The summed E-state index contributed by atoms with van der Waals surface area (Å²) in [5, 5.41) is 2.72. The Bertz CT molecular complexity index is 626. The summed E-state index contributed by atoms with van der Waals surface area (Å²) >= 11 is 3.32. The zero-order valence-corrected chi connectivity index (χ0v) is 13.0. The van der Waals surface area contributed by atoms with Crippen molar-refractivity contribution in [3.63, 3.8) is 0 Å². The normalized spacial score (nSPS) is 11.5. The number of benzene rings is 2. The fourth-order valence-electron chi connectivity index (χ4n) is 1.91. The number of halogens is 1. The Balaban J connectivity index is 2.23. The highest BCUT2D eigenvalue weighted by atomic mass is 79.9. The summed E-state index contributed by atoms with van der Waals surface area (Å²) in [5.41, 5.74) is 1.21. The van der Waals surface area contributed by atoms with Gasteiger partial charge in [-0.05, 0) is 29.8 Å². The van der Waals surface area contributed by atoms with Crippen molar-refractivity contribution < 1.29 is 14.3 Å². The van der Waals surface area contributed by atoms with E-state index >= 15 is 0 Å². The number of ether oxygens (including phenoxy) is 1. The zero-order chi connectivity index (χ0) is 15.2. The number of carbonyl (C=O) groups is 2. The fraction of sp³-hybridized carbons (Fsp3) is 0.125. The number of hydrogen-bond acceptors (Lipinski definition) is 3. The van der Waals surface area contributed by atoms with Gasteiger partial charge in [-0.3, -0.25) is 9.59 Å². The highest BCUT2D eigenvalue weighted by Gasteiger charge is 2.29. The molecule has 108 valence electrons. The second-order valence-corrected chi connectivity index (χ2v) is 5.28. The minimum absolute atomic E-state index is 0.421.